The molecule has 0 spiro atoms. The molecular weight excluding hydrogens is 456 g/mol. The summed E-state index contributed by atoms with van der Waals surface area (Å²) in [5.74, 6) is 0.729. The summed E-state index contributed by atoms with van der Waals surface area (Å²) >= 11 is 0. The summed E-state index contributed by atoms with van der Waals surface area (Å²) in [7, 11) is 1.62. The maximum absolute atomic E-state index is 13.2. The number of ether oxygens (including phenoxy) is 1. The number of nitrogens with one attached hydrogen (secondary N) is 1. The Morgan fingerprint density at radius 2 is 1.75 bits per heavy atom. The lowest BCUT2D eigenvalue weighted by Gasteiger charge is -2.21. The number of carbonyl (C=O) groups is 2. The number of hydrogen-bond donors (Lipinski definition) is 1. The van der Waals surface area contributed by atoms with Crippen LogP contribution in [0.3, 0.4) is 0 Å². The molecule has 2 aromatic carbocycles. The fourth-order valence-corrected chi connectivity index (χ4v) is 3.72. The highest BCUT2D eigenvalue weighted by atomic mass is 16.5. The lowest BCUT2D eigenvalue weighted by atomic mass is 10.1. The quantitative estimate of drug-likeness (QED) is 0.346. The largest absolute Gasteiger partial charge is 0.497 e. The summed E-state index contributed by atoms with van der Waals surface area (Å²) in [6, 6.07) is 22.7. The molecule has 0 saturated carbocycles. The number of amides is 2. The van der Waals surface area contributed by atoms with Crippen molar-refractivity contribution in [3.8, 4) is 5.75 Å². The molecule has 0 unspecified atom stereocenters. The lowest BCUT2D eigenvalue weighted by molar-refractivity contribution is 0.0728. The molecule has 36 heavy (non-hydrogen) atoms. The van der Waals surface area contributed by atoms with Crippen LogP contribution in [0.25, 0.3) is 0 Å². The zero-order chi connectivity index (χ0) is 25.2. The van der Waals surface area contributed by atoms with Crippen molar-refractivity contribution in [3.63, 3.8) is 0 Å². The molecule has 8 heteroatoms. The van der Waals surface area contributed by atoms with Gasteiger partial charge in [0.05, 0.1) is 19.2 Å². The summed E-state index contributed by atoms with van der Waals surface area (Å²) < 4.78 is 10.6. The lowest BCUT2D eigenvalue weighted by Crippen LogP contribution is -2.32. The Balaban J connectivity index is 1.37. The van der Waals surface area contributed by atoms with E-state index in [-0.39, 0.29) is 24.1 Å². The van der Waals surface area contributed by atoms with Crippen molar-refractivity contribution >= 4 is 11.8 Å². The molecule has 1 N–H and O–H groups in total. The predicted molar refractivity (Wildman–Crippen MR) is 135 cm³/mol. The molecule has 4 rings (SSSR count). The van der Waals surface area contributed by atoms with E-state index in [0.717, 1.165) is 16.9 Å². The van der Waals surface area contributed by atoms with Crippen LogP contribution < -0.4 is 10.1 Å². The number of pyridine rings is 1. The number of methoxy groups -OCH3 is 1. The summed E-state index contributed by atoms with van der Waals surface area (Å²) in [6.07, 6.45) is 4.52. The van der Waals surface area contributed by atoms with Crippen LogP contribution in [0.2, 0.25) is 0 Å². The normalized spacial score (nSPS) is 10.6. The smallest absolute Gasteiger partial charge is 0.273 e. The Morgan fingerprint density at radius 3 is 2.47 bits per heavy atom. The number of nitrogens with zero attached hydrogens (tertiary/aromatic N) is 3. The average molecular weight is 485 g/mol. The minimum absolute atomic E-state index is 0.166. The molecule has 0 bridgehead atoms. The van der Waals surface area contributed by atoms with Gasteiger partial charge in [0, 0.05) is 31.5 Å². The van der Waals surface area contributed by atoms with Crippen molar-refractivity contribution in [2.45, 2.75) is 19.4 Å². The topological polar surface area (TPSA) is 97.6 Å². The third kappa shape index (κ3) is 6.79. The summed E-state index contributed by atoms with van der Waals surface area (Å²) in [6.45, 7) is 1.12. The van der Waals surface area contributed by atoms with Gasteiger partial charge in [-0.05, 0) is 48.2 Å². The molecule has 8 nitrogen and oxygen atoms in total. The van der Waals surface area contributed by atoms with E-state index in [1.165, 1.54) is 0 Å². The molecule has 2 heterocycles. The molecule has 0 aliphatic carbocycles. The first-order valence-corrected chi connectivity index (χ1v) is 11.7. The minimum Gasteiger partial charge on any atom is -0.497 e. The Hall–Kier alpha value is -4.46. The SMILES string of the molecule is COc1ccc(CCNC(=O)c2cc(CN(CCc3ccccc3)C(=O)c3cccnc3)on2)cc1. The van der Waals surface area contributed by atoms with E-state index in [0.29, 0.717) is 37.3 Å². The van der Waals surface area contributed by atoms with E-state index >= 15 is 0 Å². The first kappa shape index (κ1) is 24.7. The second-order valence-electron chi connectivity index (χ2n) is 8.24. The maximum atomic E-state index is 13.2. The Kier molecular flexibility index (Phi) is 8.43. The van der Waals surface area contributed by atoms with Crippen LogP contribution in [0.4, 0.5) is 0 Å². The zero-order valence-corrected chi connectivity index (χ0v) is 20.1. The zero-order valence-electron chi connectivity index (χ0n) is 20.1. The van der Waals surface area contributed by atoms with Crippen molar-refractivity contribution < 1.29 is 18.8 Å². The van der Waals surface area contributed by atoms with Crippen LogP contribution in [0.5, 0.6) is 5.75 Å². The van der Waals surface area contributed by atoms with E-state index < -0.39 is 0 Å². The monoisotopic (exact) mass is 484 g/mol. The fraction of sp³-hybridized carbons (Fsp3) is 0.214. The number of hydrogen-bond acceptors (Lipinski definition) is 6. The van der Waals surface area contributed by atoms with Gasteiger partial charge in [-0.3, -0.25) is 14.6 Å². The van der Waals surface area contributed by atoms with Gasteiger partial charge < -0.3 is 19.5 Å². The molecule has 4 aromatic rings. The summed E-state index contributed by atoms with van der Waals surface area (Å²) in [5.41, 5.74) is 2.87. The first-order chi connectivity index (χ1) is 17.6. The molecule has 0 fully saturated rings. The molecule has 0 saturated heterocycles. The third-order valence-electron chi connectivity index (χ3n) is 5.71. The van der Waals surface area contributed by atoms with Crippen LogP contribution in [0.15, 0.2) is 89.7 Å². The second-order valence-corrected chi connectivity index (χ2v) is 8.24. The van der Waals surface area contributed by atoms with Crippen LogP contribution in [-0.2, 0) is 19.4 Å². The molecule has 2 amide bonds. The summed E-state index contributed by atoms with van der Waals surface area (Å²) in [5, 5.41) is 6.77. The highest BCUT2D eigenvalue weighted by Crippen LogP contribution is 2.14. The van der Waals surface area contributed by atoms with Gasteiger partial charge in [0.25, 0.3) is 11.8 Å². The van der Waals surface area contributed by atoms with Crippen molar-refractivity contribution in [1.82, 2.24) is 20.4 Å². The van der Waals surface area contributed by atoms with Gasteiger partial charge in [0.2, 0.25) is 0 Å². The van der Waals surface area contributed by atoms with Crippen LogP contribution in [-0.4, -0.2) is 47.1 Å². The number of benzene rings is 2. The van der Waals surface area contributed by atoms with E-state index in [4.69, 9.17) is 9.26 Å². The van der Waals surface area contributed by atoms with E-state index in [1.54, 1.807) is 42.6 Å². The van der Waals surface area contributed by atoms with E-state index in [1.807, 2.05) is 54.6 Å². The van der Waals surface area contributed by atoms with Gasteiger partial charge >= 0.3 is 0 Å². The molecular formula is C28H28N4O4. The number of aromatic nitrogens is 2. The van der Waals surface area contributed by atoms with Gasteiger partial charge in [-0.15, -0.1) is 0 Å². The average Bonchev–Trinajstić information content (AvgIpc) is 3.41. The van der Waals surface area contributed by atoms with Gasteiger partial charge in [-0.1, -0.05) is 47.6 Å². The van der Waals surface area contributed by atoms with Gasteiger partial charge in [0.15, 0.2) is 11.5 Å². The van der Waals surface area contributed by atoms with Gasteiger partial charge in [0.1, 0.15) is 5.75 Å². The second kappa shape index (κ2) is 12.3. The fourth-order valence-electron chi connectivity index (χ4n) is 3.72. The Morgan fingerprint density at radius 1 is 0.972 bits per heavy atom. The van der Waals surface area contributed by atoms with Crippen molar-refractivity contribution in [2.75, 3.05) is 20.2 Å². The molecule has 2 aromatic heterocycles. The predicted octanol–water partition coefficient (Wildman–Crippen LogP) is 3.94. The Bertz CT molecular complexity index is 1260. The first-order valence-electron chi connectivity index (χ1n) is 11.7. The van der Waals surface area contributed by atoms with Crippen molar-refractivity contribution in [2.24, 2.45) is 0 Å². The highest BCUT2D eigenvalue weighted by Gasteiger charge is 2.20. The standard InChI is InChI=1S/C28H28N4O4/c1-35-24-11-9-22(10-12-24)13-16-30-27(33)26-18-25(36-31-26)20-32(17-14-21-6-3-2-4-7-21)28(34)23-8-5-15-29-19-23/h2-12,15,18-19H,13-14,16-17,20H2,1H3,(H,30,33). The molecule has 0 aliphatic rings. The molecule has 0 aliphatic heterocycles. The number of rotatable bonds is 11. The van der Waals surface area contributed by atoms with Crippen LogP contribution >= 0.6 is 0 Å². The van der Waals surface area contributed by atoms with E-state index in [2.05, 4.69) is 15.5 Å². The highest BCUT2D eigenvalue weighted by molar-refractivity contribution is 5.94. The maximum Gasteiger partial charge on any atom is 0.273 e. The molecule has 0 atom stereocenters. The minimum atomic E-state index is -0.326. The van der Waals surface area contributed by atoms with Crippen LogP contribution in [0.1, 0.15) is 37.7 Å². The van der Waals surface area contributed by atoms with Crippen molar-refractivity contribution in [1.29, 1.82) is 0 Å². The van der Waals surface area contributed by atoms with E-state index in [9.17, 15) is 9.59 Å². The van der Waals surface area contributed by atoms with Gasteiger partial charge in [-0.25, -0.2) is 0 Å². The summed E-state index contributed by atoms with van der Waals surface area (Å²) in [4.78, 5) is 31.5. The Labute approximate surface area is 209 Å². The third-order valence-corrected chi connectivity index (χ3v) is 5.71. The van der Waals surface area contributed by atoms with Crippen LogP contribution in [0, 0.1) is 0 Å². The van der Waals surface area contributed by atoms with Crippen molar-refractivity contribution in [3.05, 3.63) is 113 Å². The molecule has 0 radical (unpaired) electrons. The molecule has 184 valence electrons. The van der Waals surface area contributed by atoms with Gasteiger partial charge in [-0.2, -0.15) is 0 Å². The number of carbonyl (C=O) groups excluding carboxylic acids is 2.